The van der Waals surface area contributed by atoms with Crippen LogP contribution in [0.25, 0.3) is 22.6 Å². The number of aromatic nitrogens is 6. The molecule has 0 radical (unpaired) electrons. The Morgan fingerprint density at radius 3 is 2.81 bits per heavy atom. The van der Waals surface area contributed by atoms with Crippen molar-refractivity contribution in [1.29, 1.82) is 0 Å². The third-order valence-corrected chi connectivity index (χ3v) is 4.16. The summed E-state index contributed by atoms with van der Waals surface area (Å²) < 4.78 is 1.78. The van der Waals surface area contributed by atoms with Crippen LogP contribution in [-0.2, 0) is 0 Å². The van der Waals surface area contributed by atoms with Gasteiger partial charge in [0.25, 0.3) is 0 Å². The molecule has 0 spiro atoms. The third kappa shape index (κ3) is 2.05. The SMILES string of the molecule is O=c1[nH]c2nc(-c3cn[nH]c3)cnc2n1C1CCCCC1. The highest BCUT2D eigenvalue weighted by Crippen LogP contribution is 2.28. The Bertz CT molecular complexity index is 810. The average molecular weight is 284 g/mol. The molecule has 0 aromatic carbocycles. The molecule has 0 bridgehead atoms. The molecule has 4 rings (SSSR count). The van der Waals surface area contributed by atoms with Crippen LogP contribution in [-0.4, -0.2) is 29.7 Å². The fourth-order valence-corrected chi connectivity index (χ4v) is 3.11. The first kappa shape index (κ1) is 12.3. The van der Waals surface area contributed by atoms with E-state index in [-0.39, 0.29) is 11.7 Å². The second-order valence-corrected chi connectivity index (χ2v) is 5.51. The Labute approximate surface area is 120 Å². The van der Waals surface area contributed by atoms with Crippen molar-refractivity contribution in [2.75, 3.05) is 0 Å². The zero-order valence-corrected chi connectivity index (χ0v) is 11.5. The van der Waals surface area contributed by atoms with Crippen molar-refractivity contribution >= 4 is 11.3 Å². The summed E-state index contributed by atoms with van der Waals surface area (Å²) in [6.45, 7) is 0. The molecule has 108 valence electrons. The topological polar surface area (TPSA) is 92.2 Å². The normalized spacial score (nSPS) is 16.6. The van der Waals surface area contributed by atoms with Crippen molar-refractivity contribution in [2.45, 2.75) is 38.1 Å². The van der Waals surface area contributed by atoms with E-state index in [2.05, 4.69) is 25.1 Å². The van der Waals surface area contributed by atoms with E-state index >= 15 is 0 Å². The van der Waals surface area contributed by atoms with E-state index in [0.29, 0.717) is 17.0 Å². The van der Waals surface area contributed by atoms with Gasteiger partial charge in [0.1, 0.15) is 0 Å². The first-order valence-electron chi connectivity index (χ1n) is 7.29. The zero-order chi connectivity index (χ0) is 14.2. The lowest BCUT2D eigenvalue weighted by Gasteiger charge is -2.22. The molecule has 3 heterocycles. The largest absolute Gasteiger partial charge is 0.329 e. The lowest BCUT2D eigenvalue weighted by atomic mass is 9.95. The van der Waals surface area contributed by atoms with Crippen LogP contribution < -0.4 is 5.69 Å². The minimum Gasteiger partial charge on any atom is -0.289 e. The highest BCUT2D eigenvalue weighted by atomic mass is 16.1. The quantitative estimate of drug-likeness (QED) is 0.753. The number of aromatic amines is 2. The number of hydrogen-bond acceptors (Lipinski definition) is 4. The molecule has 0 aliphatic heterocycles. The Hall–Kier alpha value is -2.44. The van der Waals surface area contributed by atoms with Gasteiger partial charge in [-0.05, 0) is 12.8 Å². The number of rotatable bonds is 2. The molecule has 1 fully saturated rings. The van der Waals surface area contributed by atoms with Crippen LogP contribution in [0.4, 0.5) is 0 Å². The first-order valence-corrected chi connectivity index (χ1v) is 7.29. The molecule has 0 atom stereocenters. The molecule has 1 aliphatic rings. The first-order chi connectivity index (χ1) is 10.3. The van der Waals surface area contributed by atoms with E-state index in [1.165, 1.54) is 19.3 Å². The van der Waals surface area contributed by atoms with E-state index < -0.39 is 0 Å². The van der Waals surface area contributed by atoms with Crippen molar-refractivity contribution in [2.24, 2.45) is 0 Å². The lowest BCUT2D eigenvalue weighted by Crippen LogP contribution is -2.24. The molecule has 7 nitrogen and oxygen atoms in total. The Kier molecular flexibility index (Phi) is 2.83. The second-order valence-electron chi connectivity index (χ2n) is 5.51. The van der Waals surface area contributed by atoms with Gasteiger partial charge < -0.3 is 0 Å². The Morgan fingerprint density at radius 2 is 2.05 bits per heavy atom. The van der Waals surface area contributed by atoms with E-state index in [0.717, 1.165) is 18.4 Å². The van der Waals surface area contributed by atoms with Crippen molar-refractivity contribution < 1.29 is 0 Å². The maximum absolute atomic E-state index is 12.2. The summed E-state index contributed by atoms with van der Waals surface area (Å²) >= 11 is 0. The van der Waals surface area contributed by atoms with Gasteiger partial charge in [-0.15, -0.1) is 0 Å². The fraction of sp³-hybridized carbons (Fsp3) is 0.429. The minimum absolute atomic E-state index is 0.110. The van der Waals surface area contributed by atoms with E-state index in [1.54, 1.807) is 23.2 Å². The summed E-state index contributed by atoms with van der Waals surface area (Å²) in [5, 5.41) is 6.65. The summed E-state index contributed by atoms with van der Waals surface area (Å²) in [4.78, 5) is 24.0. The zero-order valence-electron chi connectivity index (χ0n) is 11.5. The smallest absolute Gasteiger partial charge is 0.289 e. The van der Waals surface area contributed by atoms with Crippen LogP contribution in [0.2, 0.25) is 0 Å². The molecule has 0 unspecified atom stereocenters. The number of fused-ring (bicyclic) bond motifs is 1. The molecular formula is C14H16N6O. The van der Waals surface area contributed by atoms with Crippen LogP contribution in [0.15, 0.2) is 23.4 Å². The molecule has 2 N–H and O–H groups in total. The summed E-state index contributed by atoms with van der Waals surface area (Å²) in [5.41, 5.74) is 2.65. The number of nitrogens with one attached hydrogen (secondary N) is 2. The molecule has 1 aliphatic carbocycles. The molecule has 3 aromatic rings. The molecular weight excluding hydrogens is 268 g/mol. The summed E-state index contributed by atoms with van der Waals surface area (Å²) in [7, 11) is 0. The monoisotopic (exact) mass is 284 g/mol. The number of hydrogen-bond donors (Lipinski definition) is 2. The van der Waals surface area contributed by atoms with Crippen molar-refractivity contribution in [1.82, 2.24) is 29.7 Å². The molecule has 7 heteroatoms. The molecule has 3 aromatic heterocycles. The number of nitrogens with zero attached hydrogens (tertiary/aromatic N) is 4. The second kappa shape index (κ2) is 4.83. The van der Waals surface area contributed by atoms with Gasteiger partial charge in [0.15, 0.2) is 11.3 Å². The summed E-state index contributed by atoms with van der Waals surface area (Å²) in [6.07, 6.45) is 10.8. The molecule has 1 saturated carbocycles. The van der Waals surface area contributed by atoms with Crippen molar-refractivity contribution in [3.05, 3.63) is 29.1 Å². The van der Waals surface area contributed by atoms with E-state index in [4.69, 9.17) is 0 Å². The molecule has 21 heavy (non-hydrogen) atoms. The summed E-state index contributed by atoms with van der Waals surface area (Å²) in [5.74, 6) is 0. The maximum atomic E-state index is 12.2. The summed E-state index contributed by atoms with van der Waals surface area (Å²) in [6, 6.07) is 0.245. The predicted octanol–water partition coefficient (Wildman–Crippen LogP) is 2.01. The van der Waals surface area contributed by atoms with Gasteiger partial charge in [-0.2, -0.15) is 5.10 Å². The highest BCUT2D eigenvalue weighted by Gasteiger charge is 2.21. The maximum Gasteiger partial charge on any atom is 0.329 e. The van der Waals surface area contributed by atoms with Gasteiger partial charge in [-0.3, -0.25) is 14.6 Å². The van der Waals surface area contributed by atoms with Gasteiger partial charge in [-0.25, -0.2) is 14.8 Å². The lowest BCUT2D eigenvalue weighted by molar-refractivity contribution is 0.352. The fourth-order valence-electron chi connectivity index (χ4n) is 3.11. The van der Waals surface area contributed by atoms with Crippen LogP contribution in [0, 0.1) is 0 Å². The number of H-pyrrole nitrogens is 2. The predicted molar refractivity (Wildman–Crippen MR) is 77.9 cm³/mol. The van der Waals surface area contributed by atoms with Gasteiger partial charge in [-0.1, -0.05) is 19.3 Å². The van der Waals surface area contributed by atoms with Crippen LogP contribution in [0.3, 0.4) is 0 Å². The van der Waals surface area contributed by atoms with Crippen LogP contribution >= 0.6 is 0 Å². The molecule has 0 saturated heterocycles. The van der Waals surface area contributed by atoms with Crippen LogP contribution in [0.1, 0.15) is 38.1 Å². The van der Waals surface area contributed by atoms with Gasteiger partial charge in [0, 0.05) is 17.8 Å². The highest BCUT2D eigenvalue weighted by molar-refractivity contribution is 5.70. The Morgan fingerprint density at radius 1 is 1.19 bits per heavy atom. The molecule has 0 amide bonds. The minimum atomic E-state index is -0.110. The van der Waals surface area contributed by atoms with Gasteiger partial charge in [0.05, 0.1) is 18.1 Å². The van der Waals surface area contributed by atoms with Gasteiger partial charge in [0.2, 0.25) is 0 Å². The standard InChI is InChI=1S/C14H16N6O/c21-14-19-12-13(20(14)10-4-2-1-3-5-10)15-8-11(18-12)9-6-16-17-7-9/h6-8,10H,1-5H2,(H,16,17)(H,18,19,21). The van der Waals surface area contributed by atoms with Crippen LogP contribution in [0.5, 0.6) is 0 Å². The van der Waals surface area contributed by atoms with E-state index in [9.17, 15) is 4.79 Å². The average Bonchev–Trinajstić information content (AvgIpc) is 3.14. The van der Waals surface area contributed by atoms with E-state index in [1.807, 2.05) is 0 Å². The van der Waals surface area contributed by atoms with Crippen molar-refractivity contribution in [3.8, 4) is 11.3 Å². The Balaban J connectivity index is 1.82. The number of imidazole rings is 1. The van der Waals surface area contributed by atoms with Gasteiger partial charge >= 0.3 is 5.69 Å². The van der Waals surface area contributed by atoms with Crippen molar-refractivity contribution in [3.63, 3.8) is 0 Å². The third-order valence-electron chi connectivity index (χ3n) is 4.16.